The molecule has 3 aliphatic carbocycles. The molecule has 0 aromatic carbocycles. The summed E-state index contributed by atoms with van der Waals surface area (Å²) in [4.78, 5) is 0. The van der Waals surface area contributed by atoms with Crippen LogP contribution in [0.5, 0.6) is 0 Å². The standard InChI is InChI=1S/C15H28.C6H10O/c1-12-6-8-14(9-7-12)11-15-5-3-4-13(2)10-15;1-2-5-4-6(3-1)7-5/h12-15H,3-11H2,1-2H3;5-6H,1-4H2. The molecule has 1 heteroatoms. The van der Waals surface area contributed by atoms with Gasteiger partial charge in [-0.2, -0.15) is 0 Å². The van der Waals surface area contributed by atoms with E-state index in [1.165, 1.54) is 77.0 Å². The van der Waals surface area contributed by atoms with Crippen molar-refractivity contribution in [2.24, 2.45) is 23.7 Å². The first-order chi connectivity index (χ1) is 10.7. The normalized spacial score (nSPS) is 44.5. The van der Waals surface area contributed by atoms with Crippen LogP contribution in [0.3, 0.4) is 0 Å². The molecule has 128 valence electrons. The monoisotopic (exact) mass is 306 g/mol. The van der Waals surface area contributed by atoms with E-state index < -0.39 is 0 Å². The summed E-state index contributed by atoms with van der Waals surface area (Å²) in [5.41, 5.74) is 0. The summed E-state index contributed by atoms with van der Waals surface area (Å²) in [7, 11) is 0. The number of fused-ring (bicyclic) bond motifs is 2. The van der Waals surface area contributed by atoms with Crippen molar-refractivity contribution in [3.63, 3.8) is 0 Å². The molecule has 5 aliphatic rings. The van der Waals surface area contributed by atoms with Gasteiger partial charge in [0.2, 0.25) is 0 Å². The van der Waals surface area contributed by atoms with Crippen LogP contribution in [0.15, 0.2) is 0 Å². The molecule has 0 amide bonds. The summed E-state index contributed by atoms with van der Waals surface area (Å²) in [5.74, 6) is 4.22. The van der Waals surface area contributed by atoms with Crippen molar-refractivity contribution in [2.75, 3.05) is 0 Å². The van der Waals surface area contributed by atoms with Crippen molar-refractivity contribution in [1.82, 2.24) is 0 Å². The zero-order valence-electron chi connectivity index (χ0n) is 15.1. The predicted octanol–water partition coefficient (Wildman–Crippen LogP) is 6.36. The second-order valence-electron chi connectivity index (χ2n) is 9.05. The van der Waals surface area contributed by atoms with E-state index in [1.54, 1.807) is 6.42 Å². The molecule has 0 aromatic heterocycles. The highest BCUT2D eigenvalue weighted by atomic mass is 16.5. The van der Waals surface area contributed by atoms with Crippen LogP contribution in [-0.2, 0) is 4.74 Å². The van der Waals surface area contributed by atoms with E-state index in [4.69, 9.17) is 4.74 Å². The average Bonchev–Trinajstić information content (AvgIpc) is 2.51. The van der Waals surface area contributed by atoms with Crippen molar-refractivity contribution >= 4 is 0 Å². The lowest BCUT2D eigenvalue weighted by Crippen LogP contribution is -2.41. The number of ether oxygens (including phenoxy) is 1. The minimum absolute atomic E-state index is 0.679. The Morgan fingerprint density at radius 3 is 1.77 bits per heavy atom. The molecule has 5 fully saturated rings. The number of hydrogen-bond donors (Lipinski definition) is 0. The summed E-state index contributed by atoms with van der Waals surface area (Å²) in [6.45, 7) is 4.88. The van der Waals surface area contributed by atoms with Crippen molar-refractivity contribution in [3.05, 3.63) is 0 Å². The fraction of sp³-hybridized carbons (Fsp3) is 1.00. The van der Waals surface area contributed by atoms with E-state index in [0.29, 0.717) is 12.2 Å². The van der Waals surface area contributed by atoms with Crippen LogP contribution < -0.4 is 0 Å². The lowest BCUT2D eigenvalue weighted by atomic mass is 9.73. The maximum absolute atomic E-state index is 5.38. The first kappa shape index (κ1) is 16.8. The maximum Gasteiger partial charge on any atom is 0.0603 e. The first-order valence-electron chi connectivity index (χ1n) is 10.3. The Hall–Kier alpha value is -0.0400. The molecular weight excluding hydrogens is 268 g/mol. The van der Waals surface area contributed by atoms with E-state index in [0.717, 1.165) is 23.7 Å². The highest BCUT2D eigenvalue weighted by Gasteiger charge is 2.33. The molecule has 0 N–H and O–H groups in total. The van der Waals surface area contributed by atoms with Crippen LogP contribution in [0.4, 0.5) is 0 Å². The largest absolute Gasteiger partial charge is 0.375 e. The summed E-state index contributed by atoms with van der Waals surface area (Å²) >= 11 is 0. The fourth-order valence-corrected chi connectivity index (χ4v) is 5.31. The van der Waals surface area contributed by atoms with Crippen LogP contribution >= 0.6 is 0 Å². The van der Waals surface area contributed by atoms with E-state index in [2.05, 4.69) is 13.8 Å². The molecule has 0 aromatic rings. The Morgan fingerprint density at radius 1 is 0.636 bits per heavy atom. The molecule has 5 rings (SSSR count). The third kappa shape index (κ3) is 4.98. The molecular formula is C21H38O. The van der Waals surface area contributed by atoms with Crippen molar-refractivity contribution in [2.45, 2.75) is 110 Å². The second-order valence-corrected chi connectivity index (χ2v) is 9.05. The molecule has 2 bridgehead atoms. The zero-order valence-corrected chi connectivity index (χ0v) is 15.1. The topological polar surface area (TPSA) is 9.23 Å². The lowest BCUT2D eigenvalue weighted by molar-refractivity contribution is -0.155. The quantitative estimate of drug-likeness (QED) is 0.577. The van der Waals surface area contributed by atoms with Gasteiger partial charge in [0.15, 0.2) is 0 Å². The first-order valence-corrected chi connectivity index (χ1v) is 10.3. The molecule has 2 aliphatic heterocycles. The Balaban J connectivity index is 0.000000169. The van der Waals surface area contributed by atoms with Gasteiger partial charge in [-0.25, -0.2) is 0 Å². The summed E-state index contributed by atoms with van der Waals surface area (Å²) in [6.07, 6.45) is 20.5. The maximum atomic E-state index is 5.38. The molecule has 1 nitrogen and oxygen atoms in total. The van der Waals surface area contributed by atoms with E-state index in [-0.39, 0.29) is 0 Å². The Kier molecular flexibility index (Phi) is 6.24. The minimum Gasteiger partial charge on any atom is -0.375 e. The zero-order chi connectivity index (χ0) is 15.4. The Morgan fingerprint density at radius 2 is 1.27 bits per heavy atom. The minimum atomic E-state index is 0.679. The molecule has 4 unspecified atom stereocenters. The molecule has 0 spiro atoms. The van der Waals surface area contributed by atoms with Gasteiger partial charge in [-0.1, -0.05) is 58.8 Å². The van der Waals surface area contributed by atoms with Gasteiger partial charge in [0, 0.05) is 0 Å². The third-order valence-corrected chi connectivity index (χ3v) is 6.81. The van der Waals surface area contributed by atoms with Gasteiger partial charge in [-0.05, 0) is 62.2 Å². The van der Waals surface area contributed by atoms with Gasteiger partial charge < -0.3 is 4.74 Å². The fourth-order valence-electron chi connectivity index (χ4n) is 5.31. The van der Waals surface area contributed by atoms with Crippen LogP contribution in [0.25, 0.3) is 0 Å². The summed E-state index contributed by atoms with van der Waals surface area (Å²) in [6, 6.07) is 0. The Labute approximate surface area is 138 Å². The highest BCUT2D eigenvalue weighted by Crippen LogP contribution is 2.38. The third-order valence-electron chi connectivity index (χ3n) is 6.81. The van der Waals surface area contributed by atoms with Crippen LogP contribution in [-0.4, -0.2) is 12.2 Å². The molecule has 22 heavy (non-hydrogen) atoms. The predicted molar refractivity (Wildman–Crippen MR) is 94.0 cm³/mol. The number of hydrogen-bond acceptors (Lipinski definition) is 1. The molecule has 2 saturated heterocycles. The van der Waals surface area contributed by atoms with Gasteiger partial charge in [0.05, 0.1) is 12.2 Å². The molecule has 0 radical (unpaired) electrons. The van der Waals surface area contributed by atoms with Crippen molar-refractivity contribution in [3.8, 4) is 0 Å². The van der Waals surface area contributed by atoms with E-state index in [1.807, 2.05) is 0 Å². The molecule has 4 atom stereocenters. The van der Waals surface area contributed by atoms with Crippen LogP contribution in [0, 0.1) is 23.7 Å². The second kappa shape index (κ2) is 8.18. The van der Waals surface area contributed by atoms with Gasteiger partial charge in [-0.15, -0.1) is 0 Å². The van der Waals surface area contributed by atoms with Crippen molar-refractivity contribution < 1.29 is 4.74 Å². The van der Waals surface area contributed by atoms with Crippen LogP contribution in [0.2, 0.25) is 0 Å². The number of rotatable bonds is 2. The average molecular weight is 307 g/mol. The molecule has 2 heterocycles. The lowest BCUT2D eigenvalue weighted by Gasteiger charge is -2.41. The summed E-state index contributed by atoms with van der Waals surface area (Å²) < 4.78 is 5.38. The smallest absolute Gasteiger partial charge is 0.0603 e. The van der Waals surface area contributed by atoms with Gasteiger partial charge in [0.25, 0.3) is 0 Å². The van der Waals surface area contributed by atoms with Crippen molar-refractivity contribution in [1.29, 1.82) is 0 Å². The van der Waals surface area contributed by atoms with Gasteiger partial charge >= 0.3 is 0 Å². The molecule has 3 saturated carbocycles. The van der Waals surface area contributed by atoms with E-state index in [9.17, 15) is 0 Å². The Bertz CT molecular complexity index is 298. The van der Waals surface area contributed by atoms with Crippen LogP contribution in [0.1, 0.15) is 97.3 Å². The van der Waals surface area contributed by atoms with Gasteiger partial charge in [0.1, 0.15) is 0 Å². The van der Waals surface area contributed by atoms with E-state index >= 15 is 0 Å². The highest BCUT2D eigenvalue weighted by molar-refractivity contribution is 4.82. The van der Waals surface area contributed by atoms with Gasteiger partial charge in [-0.3, -0.25) is 0 Å². The summed E-state index contributed by atoms with van der Waals surface area (Å²) in [5, 5.41) is 0. The SMILES string of the molecule is C1CC2CC(C1)O2.CC1CCC(CC2CCCC(C)C2)CC1.